The molecular weight excluding hydrogens is 556 g/mol. The Labute approximate surface area is 268 Å². The monoisotopic (exact) mass is 622 g/mol. The van der Waals surface area contributed by atoms with Gasteiger partial charge in [-0.2, -0.15) is 0 Å². The predicted octanol–water partition coefficient (Wildman–Crippen LogP) is 8.66. The van der Waals surface area contributed by atoms with Gasteiger partial charge in [-0.3, -0.25) is 4.79 Å². The van der Waals surface area contributed by atoms with Crippen LogP contribution in [0.25, 0.3) is 0 Å². The van der Waals surface area contributed by atoms with E-state index in [2.05, 4.69) is 6.92 Å². The van der Waals surface area contributed by atoms with Gasteiger partial charge in [0.1, 0.15) is 12.2 Å². The van der Waals surface area contributed by atoms with Crippen LogP contribution < -0.4 is 0 Å². The second-order valence-corrected chi connectivity index (χ2v) is 13.5. The van der Waals surface area contributed by atoms with E-state index < -0.39 is 18.3 Å². The van der Waals surface area contributed by atoms with Crippen LogP contribution in [0.3, 0.4) is 0 Å². The summed E-state index contributed by atoms with van der Waals surface area (Å²) in [6.07, 6.45) is 25.7. The maximum Gasteiger partial charge on any atom is 0.334 e. The average molecular weight is 623 g/mol. The molecule has 256 valence electrons. The predicted molar refractivity (Wildman–Crippen MR) is 176 cm³/mol. The minimum absolute atomic E-state index is 0.0742. The van der Waals surface area contributed by atoms with Crippen molar-refractivity contribution >= 4 is 11.9 Å². The smallest absolute Gasteiger partial charge is 0.334 e. The summed E-state index contributed by atoms with van der Waals surface area (Å²) in [6, 6.07) is 0. The minimum atomic E-state index is -0.530. The summed E-state index contributed by atoms with van der Waals surface area (Å²) in [6.45, 7) is 5.56. The summed E-state index contributed by atoms with van der Waals surface area (Å²) in [7, 11) is 0. The number of hydrogen-bond acceptors (Lipinski definition) is 7. The molecule has 2 rings (SSSR count). The molecule has 0 aromatic rings. The van der Waals surface area contributed by atoms with E-state index in [9.17, 15) is 19.8 Å². The molecule has 44 heavy (non-hydrogen) atoms. The van der Waals surface area contributed by atoms with E-state index in [0.717, 1.165) is 76.2 Å². The third-order valence-electron chi connectivity index (χ3n) is 9.33. The fourth-order valence-electron chi connectivity index (χ4n) is 6.72. The minimum Gasteiger partial charge on any atom is -0.460 e. The van der Waals surface area contributed by atoms with Gasteiger partial charge in [0.05, 0.1) is 24.4 Å². The number of aliphatic hydroxyl groups is 2. The molecule has 1 fully saturated rings. The van der Waals surface area contributed by atoms with Crippen molar-refractivity contribution in [3.05, 3.63) is 11.6 Å². The highest BCUT2D eigenvalue weighted by Crippen LogP contribution is 2.30. The van der Waals surface area contributed by atoms with Crippen LogP contribution in [0.4, 0.5) is 0 Å². The van der Waals surface area contributed by atoms with Crippen LogP contribution in [0.2, 0.25) is 0 Å². The molecule has 1 saturated heterocycles. The third kappa shape index (κ3) is 17.3. The number of rotatable bonds is 27. The van der Waals surface area contributed by atoms with Crippen LogP contribution in [0, 0.1) is 0 Å². The van der Waals surface area contributed by atoms with Gasteiger partial charge in [-0.1, -0.05) is 116 Å². The van der Waals surface area contributed by atoms with E-state index >= 15 is 0 Å². The van der Waals surface area contributed by atoms with Crippen LogP contribution in [-0.4, -0.2) is 58.8 Å². The van der Waals surface area contributed by atoms with E-state index in [1.165, 1.54) is 77.6 Å². The topological polar surface area (TPSA) is 102 Å². The standard InChI is InChI=1S/C37H66O7/c1-4-5-6-7-8-9-10-15-18-21-24-33(40)34-25-26-35(44-34)36(43-30(3)38)28-32(39)23-20-17-14-12-11-13-16-19-22-31-27-29(2)42-37(31)41/h27,29,32-36,39-40H,4-26,28H2,1-3H3/t29?,32?,33-,34+,35+,36+/m0/s1. The van der Waals surface area contributed by atoms with Crippen LogP contribution in [0.15, 0.2) is 11.6 Å². The number of hydrogen-bond donors (Lipinski definition) is 2. The molecule has 7 heteroatoms. The molecule has 7 nitrogen and oxygen atoms in total. The highest BCUT2D eigenvalue weighted by atomic mass is 16.6. The Bertz CT molecular complexity index is 797. The van der Waals surface area contributed by atoms with Crippen LogP contribution in [0.5, 0.6) is 0 Å². The molecule has 2 heterocycles. The van der Waals surface area contributed by atoms with Crippen molar-refractivity contribution in [2.45, 2.75) is 211 Å². The second kappa shape index (κ2) is 23.8. The summed E-state index contributed by atoms with van der Waals surface area (Å²) in [5, 5.41) is 21.5. The van der Waals surface area contributed by atoms with Crippen molar-refractivity contribution in [1.29, 1.82) is 0 Å². The maximum absolute atomic E-state index is 11.8. The van der Waals surface area contributed by atoms with Crippen molar-refractivity contribution in [1.82, 2.24) is 0 Å². The van der Waals surface area contributed by atoms with Gasteiger partial charge in [-0.05, 0) is 51.5 Å². The summed E-state index contributed by atoms with van der Waals surface area (Å²) < 4.78 is 16.9. The molecule has 2 aliphatic heterocycles. The molecule has 2 aliphatic rings. The van der Waals surface area contributed by atoms with Crippen LogP contribution >= 0.6 is 0 Å². The van der Waals surface area contributed by atoms with E-state index in [1.807, 2.05) is 13.0 Å². The number of aliphatic hydroxyl groups excluding tert-OH is 2. The van der Waals surface area contributed by atoms with Gasteiger partial charge in [0, 0.05) is 18.9 Å². The Kier molecular flexibility index (Phi) is 21.0. The largest absolute Gasteiger partial charge is 0.460 e. The zero-order chi connectivity index (χ0) is 32.0. The van der Waals surface area contributed by atoms with Gasteiger partial charge in [-0.25, -0.2) is 4.79 Å². The lowest BCUT2D eigenvalue weighted by molar-refractivity contribution is -0.159. The van der Waals surface area contributed by atoms with E-state index in [1.54, 1.807) is 0 Å². The van der Waals surface area contributed by atoms with Crippen LogP contribution in [0.1, 0.15) is 175 Å². The zero-order valence-electron chi connectivity index (χ0n) is 28.4. The first kappa shape index (κ1) is 38.7. The van der Waals surface area contributed by atoms with Crippen LogP contribution in [-0.2, 0) is 23.8 Å². The van der Waals surface area contributed by atoms with Gasteiger partial charge in [0.15, 0.2) is 0 Å². The first-order chi connectivity index (χ1) is 21.3. The highest BCUT2D eigenvalue weighted by molar-refractivity contribution is 5.90. The Morgan fingerprint density at radius 3 is 1.89 bits per heavy atom. The fraction of sp³-hybridized carbons (Fsp3) is 0.892. The molecule has 0 aromatic carbocycles. The molecule has 2 unspecified atom stereocenters. The lowest BCUT2D eigenvalue weighted by Crippen LogP contribution is -2.36. The Balaban J connectivity index is 1.52. The van der Waals surface area contributed by atoms with Gasteiger partial charge in [-0.15, -0.1) is 0 Å². The molecule has 0 aromatic heterocycles. The SMILES string of the molecule is CCCCCCCCCCCC[C@H](O)[C@H]1CC[C@H]([C@@H](CC(O)CCCCCCCCCCC2=CC(C)OC2=O)OC(C)=O)O1. The Morgan fingerprint density at radius 1 is 0.818 bits per heavy atom. The van der Waals surface area contributed by atoms with Gasteiger partial charge >= 0.3 is 11.9 Å². The number of ether oxygens (including phenoxy) is 3. The average Bonchev–Trinajstić information content (AvgIpc) is 3.60. The van der Waals surface area contributed by atoms with E-state index in [4.69, 9.17) is 14.2 Å². The molecule has 0 bridgehead atoms. The lowest BCUT2D eigenvalue weighted by atomic mass is 9.98. The van der Waals surface area contributed by atoms with Gasteiger partial charge in [0.2, 0.25) is 0 Å². The molecule has 0 radical (unpaired) electrons. The first-order valence-electron chi connectivity index (χ1n) is 18.4. The Morgan fingerprint density at radius 2 is 1.34 bits per heavy atom. The maximum atomic E-state index is 11.8. The highest BCUT2D eigenvalue weighted by Gasteiger charge is 2.37. The number of carbonyl (C=O) groups excluding carboxylic acids is 2. The van der Waals surface area contributed by atoms with Crippen molar-refractivity contribution in [3.8, 4) is 0 Å². The molecule has 0 aliphatic carbocycles. The summed E-state index contributed by atoms with van der Waals surface area (Å²) in [4.78, 5) is 23.5. The number of unbranched alkanes of at least 4 members (excludes halogenated alkanes) is 16. The fourth-order valence-corrected chi connectivity index (χ4v) is 6.72. The summed E-state index contributed by atoms with van der Waals surface area (Å²) in [5.74, 6) is -0.498. The zero-order valence-corrected chi connectivity index (χ0v) is 28.4. The van der Waals surface area contributed by atoms with Crippen molar-refractivity contribution in [3.63, 3.8) is 0 Å². The van der Waals surface area contributed by atoms with Crippen molar-refractivity contribution in [2.75, 3.05) is 0 Å². The first-order valence-corrected chi connectivity index (χ1v) is 18.4. The normalized spacial score (nSPS) is 22.1. The quantitative estimate of drug-likeness (QED) is 0.0698. The number of esters is 2. The lowest BCUT2D eigenvalue weighted by Gasteiger charge is -2.27. The molecule has 0 saturated carbocycles. The summed E-state index contributed by atoms with van der Waals surface area (Å²) >= 11 is 0. The number of cyclic esters (lactones) is 1. The molecule has 6 atom stereocenters. The van der Waals surface area contributed by atoms with E-state index in [0.29, 0.717) is 12.8 Å². The molecule has 0 spiro atoms. The molecule has 2 N–H and O–H groups in total. The number of carbonyl (C=O) groups is 2. The van der Waals surface area contributed by atoms with Crippen molar-refractivity contribution < 1.29 is 34.0 Å². The second-order valence-electron chi connectivity index (χ2n) is 13.5. The Hall–Kier alpha value is -1.44. The van der Waals surface area contributed by atoms with Gasteiger partial charge < -0.3 is 24.4 Å². The van der Waals surface area contributed by atoms with Gasteiger partial charge in [0.25, 0.3) is 0 Å². The molecular formula is C37H66O7. The molecule has 0 amide bonds. The summed E-state index contributed by atoms with van der Waals surface area (Å²) in [5.41, 5.74) is 0.837. The van der Waals surface area contributed by atoms with Crippen molar-refractivity contribution in [2.24, 2.45) is 0 Å². The third-order valence-corrected chi connectivity index (χ3v) is 9.33. The van der Waals surface area contributed by atoms with E-state index in [-0.39, 0.29) is 30.3 Å².